The standard InChI is InChI=1S/C22H31N7.C2H6/c1-22(15-23)9-12-28(13-10-22)18-14-24-19-20(25-18)26-27(2)21(19)29-11-5-7-16-6-3-4-8-17(16)29;1-2/h3-4,6,8,14,21H,5,7,9-13,15,23H2,1-2H3,(H,25,26);1-2H3. The van der Waals surface area contributed by atoms with E-state index in [1.54, 1.807) is 0 Å². The number of rotatable bonds is 3. The number of aromatic nitrogens is 2. The monoisotopic (exact) mass is 423 g/mol. The first-order valence-electron chi connectivity index (χ1n) is 11.7. The largest absolute Gasteiger partial charge is 0.355 e. The molecule has 0 amide bonds. The smallest absolute Gasteiger partial charge is 0.168 e. The van der Waals surface area contributed by atoms with Crippen LogP contribution in [0.5, 0.6) is 0 Å². The van der Waals surface area contributed by atoms with Crippen LogP contribution in [0.15, 0.2) is 30.5 Å². The first kappa shape index (κ1) is 21.8. The van der Waals surface area contributed by atoms with Crippen molar-refractivity contribution in [2.75, 3.05) is 48.5 Å². The maximum absolute atomic E-state index is 5.96. The predicted molar refractivity (Wildman–Crippen MR) is 128 cm³/mol. The van der Waals surface area contributed by atoms with E-state index >= 15 is 0 Å². The van der Waals surface area contributed by atoms with Gasteiger partial charge in [0.25, 0.3) is 0 Å². The molecule has 1 unspecified atom stereocenters. The summed E-state index contributed by atoms with van der Waals surface area (Å²) >= 11 is 0. The average Bonchev–Trinajstić information content (AvgIpc) is 3.15. The summed E-state index contributed by atoms with van der Waals surface area (Å²) in [5, 5.41) is 2.14. The lowest BCUT2D eigenvalue weighted by molar-refractivity contribution is 0.258. The van der Waals surface area contributed by atoms with Crippen LogP contribution < -0.4 is 21.0 Å². The third kappa shape index (κ3) is 4.08. The molecule has 0 radical (unpaired) electrons. The van der Waals surface area contributed by atoms with Gasteiger partial charge in [-0.2, -0.15) is 5.01 Å². The molecule has 2 aromatic rings. The zero-order valence-corrected chi connectivity index (χ0v) is 19.4. The highest BCUT2D eigenvalue weighted by Crippen LogP contribution is 2.41. The number of nitrogens with two attached hydrogens (primary N) is 1. The second kappa shape index (κ2) is 9.01. The van der Waals surface area contributed by atoms with Gasteiger partial charge in [0.05, 0.1) is 6.20 Å². The fourth-order valence-corrected chi connectivity index (χ4v) is 4.88. The fraction of sp³-hybridized carbons (Fsp3) is 0.583. The van der Waals surface area contributed by atoms with E-state index in [9.17, 15) is 0 Å². The van der Waals surface area contributed by atoms with Gasteiger partial charge < -0.3 is 15.5 Å². The van der Waals surface area contributed by atoms with Crippen LogP contribution in [0.2, 0.25) is 0 Å². The van der Waals surface area contributed by atoms with Gasteiger partial charge in [-0.1, -0.05) is 39.0 Å². The van der Waals surface area contributed by atoms with E-state index in [1.165, 1.54) is 11.3 Å². The van der Waals surface area contributed by atoms with Gasteiger partial charge in [0.2, 0.25) is 0 Å². The molecule has 7 nitrogen and oxygen atoms in total. The number of fused-ring (bicyclic) bond motifs is 2. The predicted octanol–water partition coefficient (Wildman–Crippen LogP) is 3.79. The van der Waals surface area contributed by atoms with E-state index in [4.69, 9.17) is 15.7 Å². The number of piperidine rings is 1. The molecule has 1 fully saturated rings. The fourth-order valence-electron chi connectivity index (χ4n) is 4.88. The van der Waals surface area contributed by atoms with E-state index in [2.05, 4.69) is 58.5 Å². The second-order valence-corrected chi connectivity index (χ2v) is 8.99. The number of benzene rings is 1. The van der Waals surface area contributed by atoms with E-state index in [0.717, 1.165) is 69.2 Å². The average molecular weight is 424 g/mol. The van der Waals surface area contributed by atoms with Gasteiger partial charge in [0.1, 0.15) is 17.7 Å². The molecule has 1 atom stereocenters. The maximum atomic E-state index is 5.96. The maximum Gasteiger partial charge on any atom is 0.168 e. The summed E-state index contributed by atoms with van der Waals surface area (Å²) in [5.74, 6) is 1.84. The first-order chi connectivity index (χ1) is 15.1. The zero-order valence-electron chi connectivity index (χ0n) is 19.4. The van der Waals surface area contributed by atoms with Crippen molar-refractivity contribution in [1.29, 1.82) is 0 Å². The van der Waals surface area contributed by atoms with Crippen LogP contribution in [0.4, 0.5) is 17.3 Å². The SMILES string of the molecule is CC.CN1Nc2nc(N3CCC(C)(CN)CC3)cnc2C1N1CCCc2ccccc21. The molecule has 0 aliphatic carbocycles. The third-order valence-electron chi connectivity index (χ3n) is 6.91. The molecule has 3 N–H and O–H groups in total. The molecule has 0 spiro atoms. The molecule has 7 heteroatoms. The van der Waals surface area contributed by atoms with Gasteiger partial charge in [-0.3, -0.25) is 5.43 Å². The van der Waals surface area contributed by atoms with Crippen LogP contribution in [0.1, 0.15) is 57.5 Å². The first-order valence-corrected chi connectivity index (χ1v) is 11.7. The quantitative estimate of drug-likeness (QED) is 0.778. The Morgan fingerprint density at radius 2 is 1.90 bits per heavy atom. The molecule has 3 aliphatic rings. The minimum Gasteiger partial charge on any atom is -0.355 e. The lowest BCUT2D eigenvalue weighted by Gasteiger charge is -2.39. The van der Waals surface area contributed by atoms with Crippen molar-refractivity contribution in [2.24, 2.45) is 11.1 Å². The molecule has 4 heterocycles. The van der Waals surface area contributed by atoms with Gasteiger partial charge in [-0.05, 0) is 49.3 Å². The second-order valence-electron chi connectivity index (χ2n) is 8.99. The number of hydrogen-bond acceptors (Lipinski definition) is 7. The summed E-state index contributed by atoms with van der Waals surface area (Å²) in [7, 11) is 2.08. The van der Waals surface area contributed by atoms with Crippen LogP contribution in [-0.2, 0) is 6.42 Å². The highest BCUT2D eigenvalue weighted by Gasteiger charge is 2.37. The zero-order chi connectivity index (χ0) is 22.0. The Kier molecular flexibility index (Phi) is 6.34. The third-order valence-corrected chi connectivity index (χ3v) is 6.91. The Balaban J connectivity index is 0.00000112. The Bertz CT molecular complexity index is 891. The van der Waals surface area contributed by atoms with Crippen molar-refractivity contribution in [3.05, 3.63) is 41.7 Å². The number of hydrogen-bond donors (Lipinski definition) is 2. The number of para-hydroxylation sites is 1. The number of nitrogens with one attached hydrogen (secondary N) is 1. The highest BCUT2D eigenvalue weighted by molar-refractivity contribution is 5.61. The lowest BCUT2D eigenvalue weighted by Crippen LogP contribution is -2.42. The van der Waals surface area contributed by atoms with Crippen molar-refractivity contribution in [1.82, 2.24) is 15.0 Å². The van der Waals surface area contributed by atoms with Crippen molar-refractivity contribution in [2.45, 2.75) is 52.6 Å². The number of aryl methyl sites for hydroxylation is 1. The van der Waals surface area contributed by atoms with Crippen molar-refractivity contribution in [3.8, 4) is 0 Å². The summed E-state index contributed by atoms with van der Waals surface area (Å²) < 4.78 is 0. The normalized spacial score (nSPS) is 22.2. The van der Waals surface area contributed by atoms with Crippen molar-refractivity contribution >= 4 is 17.3 Å². The molecule has 1 saturated heterocycles. The van der Waals surface area contributed by atoms with Crippen molar-refractivity contribution < 1.29 is 0 Å². The molecule has 168 valence electrons. The molecular formula is C24H37N7. The van der Waals surface area contributed by atoms with Gasteiger partial charge >= 0.3 is 0 Å². The summed E-state index contributed by atoms with van der Waals surface area (Å²) in [6, 6.07) is 8.73. The van der Waals surface area contributed by atoms with Crippen LogP contribution in [0.3, 0.4) is 0 Å². The van der Waals surface area contributed by atoms with Gasteiger partial charge in [0.15, 0.2) is 5.82 Å². The molecule has 3 aliphatic heterocycles. The van der Waals surface area contributed by atoms with Crippen LogP contribution in [0, 0.1) is 5.41 Å². The van der Waals surface area contributed by atoms with Gasteiger partial charge in [-0.15, -0.1) is 0 Å². The van der Waals surface area contributed by atoms with E-state index in [-0.39, 0.29) is 11.6 Å². The highest BCUT2D eigenvalue weighted by atomic mass is 15.6. The van der Waals surface area contributed by atoms with Crippen LogP contribution >= 0.6 is 0 Å². The van der Waals surface area contributed by atoms with Crippen LogP contribution in [0.25, 0.3) is 0 Å². The molecule has 0 saturated carbocycles. The Morgan fingerprint density at radius 1 is 1.16 bits per heavy atom. The topological polar surface area (TPSA) is 73.5 Å². The Labute approximate surface area is 186 Å². The van der Waals surface area contributed by atoms with E-state index in [1.807, 2.05) is 20.0 Å². The van der Waals surface area contributed by atoms with E-state index in [0.29, 0.717) is 0 Å². The summed E-state index contributed by atoms with van der Waals surface area (Å²) in [6.45, 7) is 10.0. The molecule has 1 aromatic carbocycles. The molecule has 0 bridgehead atoms. The molecule has 31 heavy (non-hydrogen) atoms. The summed E-state index contributed by atoms with van der Waals surface area (Å²) in [5.41, 5.74) is 13.4. The summed E-state index contributed by atoms with van der Waals surface area (Å²) in [4.78, 5) is 14.7. The molecule has 5 rings (SSSR count). The molecule has 1 aromatic heterocycles. The molecular weight excluding hydrogens is 386 g/mol. The Hall–Kier alpha value is -2.38. The van der Waals surface area contributed by atoms with Crippen molar-refractivity contribution in [3.63, 3.8) is 0 Å². The van der Waals surface area contributed by atoms with Gasteiger partial charge in [-0.25, -0.2) is 9.97 Å². The minimum absolute atomic E-state index is 0.0647. The minimum atomic E-state index is 0.0647. The summed E-state index contributed by atoms with van der Waals surface area (Å²) in [6.07, 6.45) is 6.52. The van der Waals surface area contributed by atoms with Gasteiger partial charge in [0, 0.05) is 32.4 Å². The van der Waals surface area contributed by atoms with Crippen LogP contribution in [-0.4, -0.2) is 48.2 Å². The number of nitrogens with zero attached hydrogens (tertiary/aromatic N) is 5. The number of hydrazine groups is 1. The Morgan fingerprint density at radius 3 is 2.65 bits per heavy atom. The lowest BCUT2D eigenvalue weighted by atomic mass is 9.80. The number of anilines is 3. The van der Waals surface area contributed by atoms with E-state index < -0.39 is 0 Å².